The van der Waals surface area contributed by atoms with E-state index in [1.807, 2.05) is 0 Å². The third kappa shape index (κ3) is 4.98. The summed E-state index contributed by atoms with van der Waals surface area (Å²) in [5.74, 6) is -5.50. The number of halogens is 6. The topological polar surface area (TPSA) is 86.3 Å². The van der Waals surface area contributed by atoms with Gasteiger partial charge < -0.3 is 15.4 Å². The number of rotatable bonds is 6. The van der Waals surface area contributed by atoms with Crippen LogP contribution in [-0.4, -0.2) is 51.9 Å². The Morgan fingerprint density at radius 2 is 1.90 bits per heavy atom. The summed E-state index contributed by atoms with van der Waals surface area (Å²) >= 11 is 0. The number of ether oxygens (including phenoxy) is 1. The van der Waals surface area contributed by atoms with Crippen molar-refractivity contribution in [2.45, 2.75) is 37.6 Å². The number of aromatic nitrogens is 3. The Balaban J connectivity index is 1.74. The molecule has 1 aliphatic heterocycles. The zero-order valence-electron chi connectivity index (χ0n) is 16.3. The fraction of sp³-hybridized carbons (Fsp3) is 0.500. The van der Waals surface area contributed by atoms with Crippen molar-refractivity contribution in [3.63, 3.8) is 0 Å². The predicted molar refractivity (Wildman–Crippen MR) is 94.0 cm³/mol. The number of methoxy groups -OCH3 is 1. The van der Waals surface area contributed by atoms with E-state index in [0.717, 1.165) is 4.68 Å². The molecule has 0 bridgehead atoms. The summed E-state index contributed by atoms with van der Waals surface area (Å²) < 4.78 is 85.2. The molecule has 0 aliphatic carbocycles. The average Bonchev–Trinajstić information content (AvgIpc) is 3.11. The van der Waals surface area contributed by atoms with Gasteiger partial charge >= 0.3 is 6.18 Å². The monoisotopic (exact) mass is 451 g/mol. The normalized spacial score (nSPS) is 17.5. The SMILES string of the molecule is COCC1c2nc(C(F)(F)F)nn2CCN1C(=O)C[C@H](N)Cc1cc(F)c(F)cc1F. The molecule has 1 unspecified atom stereocenters. The van der Waals surface area contributed by atoms with Crippen LogP contribution in [0.5, 0.6) is 0 Å². The van der Waals surface area contributed by atoms with Crippen molar-refractivity contribution in [2.75, 3.05) is 20.3 Å². The molecule has 3 rings (SSSR count). The molecule has 0 radical (unpaired) electrons. The van der Waals surface area contributed by atoms with Crippen LogP contribution in [-0.2, 0) is 28.7 Å². The lowest BCUT2D eigenvalue weighted by Crippen LogP contribution is -2.46. The fourth-order valence-corrected chi connectivity index (χ4v) is 3.42. The molecule has 2 N–H and O–H groups in total. The van der Waals surface area contributed by atoms with Crippen molar-refractivity contribution in [3.8, 4) is 0 Å². The van der Waals surface area contributed by atoms with Crippen LogP contribution in [0.4, 0.5) is 26.3 Å². The second kappa shape index (κ2) is 8.83. The zero-order valence-corrected chi connectivity index (χ0v) is 16.3. The summed E-state index contributed by atoms with van der Waals surface area (Å²) in [5, 5.41) is 3.44. The number of nitrogens with two attached hydrogens (primary N) is 1. The second-order valence-electron chi connectivity index (χ2n) is 7.10. The standard InChI is InChI=1S/C18H19F6N5O2/c1-31-8-14-16-26-17(18(22,23)24)27-29(16)3-2-28(14)15(30)6-10(25)4-9-5-12(20)13(21)7-11(9)19/h5,7,10,14H,2-4,6,8,25H2,1H3/t10-,14?/m1/s1. The lowest BCUT2D eigenvalue weighted by molar-refractivity contribution is -0.145. The molecule has 13 heteroatoms. The van der Waals surface area contributed by atoms with E-state index in [1.54, 1.807) is 0 Å². The van der Waals surface area contributed by atoms with Crippen molar-refractivity contribution in [1.29, 1.82) is 0 Å². The first kappa shape index (κ1) is 23.0. The lowest BCUT2D eigenvalue weighted by Gasteiger charge is -2.35. The molecule has 170 valence electrons. The third-order valence-electron chi connectivity index (χ3n) is 4.83. The summed E-state index contributed by atoms with van der Waals surface area (Å²) in [7, 11) is 1.32. The molecular formula is C18H19F6N5O2. The Labute approximate surface area is 172 Å². The molecular weight excluding hydrogens is 432 g/mol. The van der Waals surface area contributed by atoms with Crippen LogP contribution in [0.3, 0.4) is 0 Å². The van der Waals surface area contributed by atoms with Gasteiger partial charge in [0.2, 0.25) is 5.91 Å². The summed E-state index contributed by atoms with van der Waals surface area (Å²) in [6, 6.07) is -0.809. The van der Waals surface area contributed by atoms with Crippen LogP contribution in [0.15, 0.2) is 12.1 Å². The van der Waals surface area contributed by atoms with Gasteiger partial charge in [0, 0.05) is 32.2 Å². The smallest absolute Gasteiger partial charge is 0.382 e. The highest BCUT2D eigenvalue weighted by Crippen LogP contribution is 2.31. The molecule has 1 aliphatic rings. The van der Waals surface area contributed by atoms with Crippen molar-refractivity contribution >= 4 is 5.91 Å². The minimum absolute atomic E-state index is 0.0165. The number of benzene rings is 1. The molecule has 1 amide bonds. The van der Waals surface area contributed by atoms with Gasteiger partial charge in [0.25, 0.3) is 5.82 Å². The van der Waals surface area contributed by atoms with E-state index in [1.165, 1.54) is 12.0 Å². The van der Waals surface area contributed by atoms with Crippen molar-refractivity contribution in [1.82, 2.24) is 19.7 Å². The molecule has 0 saturated carbocycles. The fourth-order valence-electron chi connectivity index (χ4n) is 3.42. The van der Waals surface area contributed by atoms with Crippen LogP contribution >= 0.6 is 0 Å². The predicted octanol–water partition coefficient (Wildman–Crippen LogP) is 2.20. The molecule has 2 atom stereocenters. The van der Waals surface area contributed by atoms with Crippen LogP contribution in [0.2, 0.25) is 0 Å². The number of hydrogen-bond acceptors (Lipinski definition) is 5. The molecule has 1 aromatic heterocycles. The van der Waals surface area contributed by atoms with Gasteiger partial charge in [0.1, 0.15) is 11.9 Å². The van der Waals surface area contributed by atoms with E-state index in [4.69, 9.17) is 10.5 Å². The van der Waals surface area contributed by atoms with Gasteiger partial charge in [-0.3, -0.25) is 4.79 Å². The van der Waals surface area contributed by atoms with Crippen molar-refractivity contribution < 1.29 is 35.9 Å². The molecule has 1 aromatic carbocycles. The largest absolute Gasteiger partial charge is 0.453 e. The number of alkyl halides is 3. The molecule has 0 fully saturated rings. The highest BCUT2D eigenvalue weighted by Gasteiger charge is 2.41. The molecule has 7 nitrogen and oxygen atoms in total. The second-order valence-corrected chi connectivity index (χ2v) is 7.10. The van der Waals surface area contributed by atoms with Crippen LogP contribution < -0.4 is 5.73 Å². The summed E-state index contributed by atoms with van der Waals surface area (Å²) in [6.07, 6.45) is -5.29. The summed E-state index contributed by atoms with van der Waals surface area (Å²) in [4.78, 5) is 17.6. The van der Waals surface area contributed by atoms with Crippen molar-refractivity contribution in [2.24, 2.45) is 5.73 Å². The van der Waals surface area contributed by atoms with Crippen LogP contribution in [0.1, 0.15) is 29.7 Å². The first-order valence-electron chi connectivity index (χ1n) is 9.20. The number of fused-ring (bicyclic) bond motifs is 1. The minimum atomic E-state index is -4.74. The van der Waals surface area contributed by atoms with E-state index in [-0.39, 0.29) is 43.9 Å². The van der Waals surface area contributed by atoms with E-state index in [9.17, 15) is 31.1 Å². The Morgan fingerprint density at radius 1 is 1.23 bits per heavy atom. The number of hydrogen-bond donors (Lipinski definition) is 1. The molecule has 31 heavy (non-hydrogen) atoms. The maximum atomic E-state index is 13.8. The Kier molecular flexibility index (Phi) is 6.55. The Bertz CT molecular complexity index is 964. The van der Waals surface area contributed by atoms with Gasteiger partial charge in [0.15, 0.2) is 17.5 Å². The van der Waals surface area contributed by atoms with Gasteiger partial charge in [-0.1, -0.05) is 0 Å². The van der Waals surface area contributed by atoms with Crippen LogP contribution in [0, 0.1) is 17.5 Å². The maximum absolute atomic E-state index is 13.8. The van der Waals surface area contributed by atoms with E-state index in [2.05, 4.69) is 10.1 Å². The van der Waals surface area contributed by atoms with Crippen molar-refractivity contribution in [3.05, 3.63) is 46.8 Å². The quantitative estimate of drug-likeness (QED) is 0.538. The van der Waals surface area contributed by atoms with Gasteiger partial charge in [-0.15, -0.1) is 5.10 Å². The van der Waals surface area contributed by atoms with Gasteiger partial charge in [-0.25, -0.2) is 22.8 Å². The molecule has 2 heterocycles. The third-order valence-corrected chi connectivity index (χ3v) is 4.83. The summed E-state index contributed by atoms with van der Waals surface area (Å²) in [6.45, 7) is -0.112. The Hall–Kier alpha value is -2.67. The summed E-state index contributed by atoms with van der Waals surface area (Å²) in [5.41, 5.74) is 5.71. The molecule has 0 spiro atoms. The molecule has 2 aromatic rings. The number of nitrogens with zero attached hydrogens (tertiary/aromatic N) is 4. The highest BCUT2D eigenvalue weighted by atomic mass is 19.4. The minimum Gasteiger partial charge on any atom is -0.382 e. The number of amides is 1. The van der Waals surface area contributed by atoms with E-state index in [0.29, 0.717) is 12.1 Å². The van der Waals surface area contributed by atoms with Crippen LogP contribution in [0.25, 0.3) is 0 Å². The molecule has 0 saturated heterocycles. The van der Waals surface area contributed by atoms with Gasteiger partial charge in [-0.05, 0) is 18.1 Å². The van der Waals surface area contributed by atoms with Gasteiger partial charge in [0.05, 0.1) is 13.2 Å². The van der Waals surface area contributed by atoms with E-state index < -0.39 is 47.4 Å². The first-order valence-corrected chi connectivity index (χ1v) is 9.20. The first-order chi connectivity index (χ1) is 14.5. The van der Waals surface area contributed by atoms with Gasteiger partial charge in [-0.2, -0.15) is 13.2 Å². The maximum Gasteiger partial charge on any atom is 0.453 e. The zero-order chi connectivity index (χ0) is 22.9. The highest BCUT2D eigenvalue weighted by molar-refractivity contribution is 5.77. The number of carbonyl (C=O) groups is 1. The average molecular weight is 451 g/mol. The number of carbonyl (C=O) groups excluding carboxylic acids is 1. The van der Waals surface area contributed by atoms with E-state index >= 15 is 0 Å². The Morgan fingerprint density at radius 3 is 2.55 bits per heavy atom. The lowest BCUT2D eigenvalue weighted by atomic mass is 10.0.